The van der Waals surface area contributed by atoms with E-state index in [-0.39, 0.29) is 23.3 Å². The highest BCUT2D eigenvalue weighted by Gasteiger charge is 2.30. The Labute approximate surface area is 137 Å². The maximum Gasteiger partial charge on any atom is 0.387 e. The SMILES string of the molecule is O=C1C(c2cccc(OC(F)F)c2)C=CCC1c1ccc(F)cc1. The maximum absolute atomic E-state index is 13.1. The van der Waals surface area contributed by atoms with Crippen molar-refractivity contribution in [3.8, 4) is 5.75 Å². The number of benzene rings is 2. The molecule has 0 amide bonds. The van der Waals surface area contributed by atoms with Gasteiger partial charge in [-0.1, -0.05) is 36.4 Å². The molecule has 0 N–H and O–H groups in total. The topological polar surface area (TPSA) is 26.3 Å². The maximum atomic E-state index is 13.1. The van der Waals surface area contributed by atoms with Crippen LogP contribution in [0.4, 0.5) is 13.2 Å². The number of allylic oxidation sites excluding steroid dienone is 2. The number of carbonyl (C=O) groups excluding carboxylic acids is 1. The first-order chi connectivity index (χ1) is 11.5. The lowest BCUT2D eigenvalue weighted by atomic mass is 9.78. The highest BCUT2D eigenvalue weighted by molar-refractivity contribution is 5.94. The Morgan fingerprint density at radius 3 is 2.50 bits per heavy atom. The molecular weight excluding hydrogens is 317 g/mol. The Morgan fingerprint density at radius 1 is 1.04 bits per heavy atom. The zero-order valence-corrected chi connectivity index (χ0v) is 12.7. The summed E-state index contributed by atoms with van der Waals surface area (Å²) >= 11 is 0. The first-order valence-electron chi connectivity index (χ1n) is 7.55. The molecule has 2 atom stereocenters. The second-order valence-electron chi connectivity index (χ2n) is 5.60. The first kappa shape index (κ1) is 16.3. The number of rotatable bonds is 4. The summed E-state index contributed by atoms with van der Waals surface area (Å²) in [7, 11) is 0. The van der Waals surface area contributed by atoms with Gasteiger partial charge >= 0.3 is 6.61 Å². The zero-order valence-electron chi connectivity index (χ0n) is 12.7. The molecular formula is C19H15F3O2. The number of carbonyl (C=O) groups is 1. The Hall–Kier alpha value is -2.56. The predicted octanol–water partition coefficient (Wildman–Crippen LogP) is 4.82. The molecule has 0 aliphatic heterocycles. The normalized spacial score (nSPS) is 20.4. The van der Waals surface area contributed by atoms with Gasteiger partial charge in [0.05, 0.1) is 5.92 Å². The number of halogens is 3. The van der Waals surface area contributed by atoms with Crippen LogP contribution in [0.2, 0.25) is 0 Å². The van der Waals surface area contributed by atoms with Crippen LogP contribution >= 0.6 is 0 Å². The van der Waals surface area contributed by atoms with Crippen LogP contribution in [0.15, 0.2) is 60.7 Å². The van der Waals surface area contributed by atoms with Gasteiger partial charge in [0.25, 0.3) is 0 Å². The summed E-state index contributed by atoms with van der Waals surface area (Å²) in [5.41, 5.74) is 1.34. The number of ketones is 1. The molecule has 2 aromatic rings. The van der Waals surface area contributed by atoms with E-state index >= 15 is 0 Å². The van der Waals surface area contributed by atoms with Crippen LogP contribution in [-0.2, 0) is 4.79 Å². The molecule has 0 spiro atoms. The standard InChI is InChI=1S/C19H15F3O2/c20-14-9-7-12(8-10-14)16-5-2-6-17(18(16)23)13-3-1-4-15(11-13)24-19(21)22/h1-4,6-11,16-17,19H,5H2. The molecule has 24 heavy (non-hydrogen) atoms. The van der Waals surface area contributed by atoms with Gasteiger partial charge in [-0.3, -0.25) is 4.79 Å². The highest BCUT2D eigenvalue weighted by Crippen LogP contribution is 2.35. The van der Waals surface area contributed by atoms with Crippen molar-refractivity contribution >= 4 is 5.78 Å². The van der Waals surface area contributed by atoms with E-state index in [1.165, 1.54) is 24.3 Å². The summed E-state index contributed by atoms with van der Waals surface area (Å²) in [5.74, 6) is -1.29. The Bertz CT molecular complexity index is 753. The van der Waals surface area contributed by atoms with E-state index in [0.717, 1.165) is 5.56 Å². The van der Waals surface area contributed by atoms with E-state index in [0.29, 0.717) is 12.0 Å². The fourth-order valence-electron chi connectivity index (χ4n) is 2.93. The van der Waals surface area contributed by atoms with Crippen LogP contribution in [0, 0.1) is 5.82 Å². The molecule has 0 fully saturated rings. The monoisotopic (exact) mass is 332 g/mol. The minimum Gasteiger partial charge on any atom is -0.435 e. The molecule has 2 nitrogen and oxygen atoms in total. The van der Waals surface area contributed by atoms with Crippen LogP contribution < -0.4 is 4.74 Å². The third kappa shape index (κ3) is 3.50. The summed E-state index contributed by atoms with van der Waals surface area (Å²) < 4.78 is 42.2. The van der Waals surface area contributed by atoms with Crippen molar-refractivity contribution < 1.29 is 22.7 Å². The van der Waals surface area contributed by atoms with Crippen molar-refractivity contribution in [2.45, 2.75) is 24.9 Å². The molecule has 0 saturated carbocycles. The van der Waals surface area contributed by atoms with E-state index in [9.17, 15) is 18.0 Å². The van der Waals surface area contributed by atoms with Gasteiger partial charge in [-0.05, 0) is 41.8 Å². The van der Waals surface area contributed by atoms with Gasteiger partial charge in [0.1, 0.15) is 11.6 Å². The smallest absolute Gasteiger partial charge is 0.387 e. The van der Waals surface area contributed by atoms with Crippen LogP contribution in [0.1, 0.15) is 29.4 Å². The number of ether oxygens (including phenoxy) is 1. The van der Waals surface area contributed by atoms with Gasteiger partial charge in [0.15, 0.2) is 5.78 Å². The number of hydrogen-bond acceptors (Lipinski definition) is 2. The minimum absolute atomic E-state index is 0.0209. The van der Waals surface area contributed by atoms with Crippen molar-refractivity contribution in [1.29, 1.82) is 0 Å². The van der Waals surface area contributed by atoms with E-state index < -0.39 is 12.5 Å². The average Bonchev–Trinajstić information content (AvgIpc) is 2.56. The lowest BCUT2D eigenvalue weighted by Crippen LogP contribution is -2.22. The summed E-state index contributed by atoms with van der Waals surface area (Å²) in [6.07, 6.45) is 4.19. The highest BCUT2D eigenvalue weighted by atomic mass is 19.3. The van der Waals surface area contributed by atoms with Crippen molar-refractivity contribution in [1.82, 2.24) is 0 Å². The molecule has 5 heteroatoms. The second kappa shape index (κ2) is 6.91. The van der Waals surface area contributed by atoms with Gasteiger partial charge in [-0.15, -0.1) is 0 Å². The van der Waals surface area contributed by atoms with Crippen molar-refractivity contribution in [3.63, 3.8) is 0 Å². The van der Waals surface area contributed by atoms with Gasteiger partial charge < -0.3 is 4.74 Å². The third-order valence-electron chi connectivity index (χ3n) is 4.07. The summed E-state index contributed by atoms with van der Waals surface area (Å²) in [4.78, 5) is 12.8. The van der Waals surface area contributed by atoms with E-state index in [1.807, 2.05) is 6.08 Å². The van der Waals surface area contributed by atoms with Crippen molar-refractivity contribution in [2.24, 2.45) is 0 Å². The summed E-state index contributed by atoms with van der Waals surface area (Å²) in [6, 6.07) is 12.0. The predicted molar refractivity (Wildman–Crippen MR) is 83.7 cm³/mol. The fraction of sp³-hybridized carbons (Fsp3) is 0.211. The minimum atomic E-state index is -2.91. The average molecular weight is 332 g/mol. The van der Waals surface area contributed by atoms with Crippen molar-refractivity contribution in [3.05, 3.63) is 77.6 Å². The molecule has 1 aliphatic carbocycles. The molecule has 0 radical (unpaired) electrons. The van der Waals surface area contributed by atoms with E-state index in [4.69, 9.17) is 0 Å². The largest absolute Gasteiger partial charge is 0.435 e. The molecule has 2 unspecified atom stereocenters. The Balaban J connectivity index is 1.86. The molecule has 3 rings (SSSR count). The second-order valence-corrected chi connectivity index (χ2v) is 5.60. The van der Waals surface area contributed by atoms with Gasteiger partial charge in [-0.25, -0.2) is 4.39 Å². The quantitative estimate of drug-likeness (QED) is 0.750. The van der Waals surface area contributed by atoms with E-state index in [1.54, 1.807) is 30.3 Å². The van der Waals surface area contributed by atoms with Crippen molar-refractivity contribution in [2.75, 3.05) is 0 Å². The zero-order chi connectivity index (χ0) is 17.1. The number of hydrogen-bond donors (Lipinski definition) is 0. The molecule has 0 saturated heterocycles. The van der Waals surface area contributed by atoms with E-state index in [2.05, 4.69) is 4.74 Å². The molecule has 0 aromatic heterocycles. The lowest BCUT2D eigenvalue weighted by molar-refractivity contribution is -0.121. The number of Topliss-reactive ketones (excluding diaryl/α,β-unsaturated/α-hetero) is 1. The fourth-order valence-corrected chi connectivity index (χ4v) is 2.93. The molecule has 0 bridgehead atoms. The molecule has 1 aliphatic rings. The van der Waals surface area contributed by atoms with Crippen LogP contribution in [0.5, 0.6) is 5.75 Å². The van der Waals surface area contributed by atoms with Gasteiger partial charge in [0.2, 0.25) is 0 Å². The van der Waals surface area contributed by atoms with Crippen LogP contribution in [-0.4, -0.2) is 12.4 Å². The molecule has 2 aromatic carbocycles. The summed E-state index contributed by atoms with van der Waals surface area (Å²) in [5, 5.41) is 0. The first-order valence-corrected chi connectivity index (χ1v) is 7.55. The van der Waals surface area contributed by atoms with Gasteiger partial charge in [0, 0.05) is 5.92 Å². The molecule has 124 valence electrons. The number of alkyl halides is 2. The van der Waals surface area contributed by atoms with Crippen LogP contribution in [0.3, 0.4) is 0 Å². The lowest BCUT2D eigenvalue weighted by Gasteiger charge is -2.24. The van der Waals surface area contributed by atoms with Crippen LogP contribution in [0.25, 0.3) is 0 Å². The summed E-state index contributed by atoms with van der Waals surface area (Å²) in [6.45, 7) is -2.91. The third-order valence-corrected chi connectivity index (χ3v) is 4.07. The molecule has 0 heterocycles. The Morgan fingerprint density at radius 2 is 1.79 bits per heavy atom. The van der Waals surface area contributed by atoms with Gasteiger partial charge in [-0.2, -0.15) is 8.78 Å². The Kier molecular flexibility index (Phi) is 4.69.